The van der Waals surface area contributed by atoms with Crippen LogP contribution in [0.2, 0.25) is 10.0 Å². The van der Waals surface area contributed by atoms with E-state index in [1.165, 1.54) is 12.1 Å². The summed E-state index contributed by atoms with van der Waals surface area (Å²) in [6.07, 6.45) is -4.52. The molecule has 0 N–H and O–H groups in total. The first-order valence-corrected chi connectivity index (χ1v) is 6.49. The van der Waals surface area contributed by atoms with Gasteiger partial charge in [0, 0.05) is 10.6 Å². The minimum absolute atomic E-state index is 0.0465. The van der Waals surface area contributed by atoms with Crippen molar-refractivity contribution in [3.63, 3.8) is 0 Å². The SMILES string of the molecule is O=C([O-])c1cc(Oc2ccc(C(F)(F)F)cc2Cl)ccc1Cl. The van der Waals surface area contributed by atoms with Crippen LogP contribution in [0.25, 0.3) is 0 Å². The first-order chi connectivity index (χ1) is 10.2. The Morgan fingerprint density at radius 3 is 2.27 bits per heavy atom. The molecule has 0 aliphatic rings. The number of carboxylic acids is 1. The van der Waals surface area contributed by atoms with Gasteiger partial charge in [0.25, 0.3) is 0 Å². The number of carboxylic acid groups (broad SMARTS) is 1. The molecule has 0 fully saturated rings. The maximum absolute atomic E-state index is 12.5. The first kappa shape index (κ1) is 16.5. The molecule has 2 rings (SSSR count). The number of halogens is 5. The molecular formula is C14H6Cl2F3O3-. The molecule has 0 saturated heterocycles. The second-order valence-electron chi connectivity index (χ2n) is 4.17. The monoisotopic (exact) mass is 349 g/mol. The molecule has 0 aliphatic carbocycles. The summed E-state index contributed by atoms with van der Waals surface area (Å²) in [5.74, 6) is -1.51. The van der Waals surface area contributed by atoms with Gasteiger partial charge in [0.05, 0.1) is 16.6 Å². The number of alkyl halides is 3. The van der Waals surface area contributed by atoms with Gasteiger partial charge in [0.15, 0.2) is 0 Å². The van der Waals surface area contributed by atoms with Gasteiger partial charge in [-0.05, 0) is 36.4 Å². The van der Waals surface area contributed by atoms with Gasteiger partial charge in [-0.2, -0.15) is 13.2 Å². The van der Waals surface area contributed by atoms with Crippen LogP contribution < -0.4 is 9.84 Å². The number of hydrogen-bond acceptors (Lipinski definition) is 3. The number of benzene rings is 2. The molecule has 22 heavy (non-hydrogen) atoms. The molecule has 2 aromatic rings. The Morgan fingerprint density at radius 1 is 1.05 bits per heavy atom. The predicted molar refractivity (Wildman–Crippen MR) is 72.3 cm³/mol. The molecule has 3 nitrogen and oxygen atoms in total. The molecular weight excluding hydrogens is 344 g/mol. The van der Waals surface area contributed by atoms with Gasteiger partial charge in [-0.15, -0.1) is 0 Å². The molecule has 0 unspecified atom stereocenters. The number of rotatable bonds is 3. The van der Waals surface area contributed by atoms with E-state index in [9.17, 15) is 23.1 Å². The van der Waals surface area contributed by atoms with Gasteiger partial charge in [-0.25, -0.2) is 0 Å². The van der Waals surface area contributed by atoms with Crippen LogP contribution in [0, 0.1) is 0 Å². The van der Waals surface area contributed by atoms with Crippen molar-refractivity contribution in [3.05, 3.63) is 57.6 Å². The first-order valence-electron chi connectivity index (χ1n) is 5.74. The standard InChI is InChI=1S/C14H7Cl2F3O3/c15-10-3-2-8(6-9(10)13(20)21)22-12-4-1-7(5-11(12)16)14(17,18)19/h1-6H,(H,20,21)/p-1. The summed E-state index contributed by atoms with van der Waals surface area (Å²) in [6, 6.07) is 6.26. The van der Waals surface area contributed by atoms with Crippen molar-refractivity contribution in [1.82, 2.24) is 0 Å². The van der Waals surface area contributed by atoms with Crippen molar-refractivity contribution in [2.24, 2.45) is 0 Å². The van der Waals surface area contributed by atoms with Crippen molar-refractivity contribution < 1.29 is 27.8 Å². The fourth-order valence-electron chi connectivity index (χ4n) is 1.61. The van der Waals surface area contributed by atoms with Crippen LogP contribution in [0.5, 0.6) is 11.5 Å². The number of ether oxygens (including phenoxy) is 1. The van der Waals surface area contributed by atoms with Crippen molar-refractivity contribution in [2.75, 3.05) is 0 Å². The molecule has 0 bridgehead atoms. The molecule has 2 aromatic carbocycles. The highest BCUT2D eigenvalue weighted by Gasteiger charge is 2.31. The van der Waals surface area contributed by atoms with Crippen LogP contribution in [0.3, 0.4) is 0 Å². The maximum Gasteiger partial charge on any atom is 0.416 e. The Bertz CT molecular complexity index is 730. The minimum Gasteiger partial charge on any atom is -0.545 e. The van der Waals surface area contributed by atoms with Crippen LogP contribution >= 0.6 is 23.2 Å². The fourth-order valence-corrected chi connectivity index (χ4v) is 2.03. The van der Waals surface area contributed by atoms with Gasteiger partial charge < -0.3 is 14.6 Å². The van der Waals surface area contributed by atoms with Crippen LogP contribution in [-0.4, -0.2) is 5.97 Å². The summed E-state index contributed by atoms with van der Waals surface area (Å²) in [7, 11) is 0. The summed E-state index contributed by atoms with van der Waals surface area (Å²) in [4.78, 5) is 10.8. The molecule has 0 aromatic heterocycles. The van der Waals surface area contributed by atoms with Crippen LogP contribution in [0.15, 0.2) is 36.4 Å². The summed E-state index contributed by atoms with van der Waals surface area (Å²) in [5.41, 5.74) is -1.22. The third-order valence-electron chi connectivity index (χ3n) is 2.64. The van der Waals surface area contributed by atoms with E-state index in [0.717, 1.165) is 18.2 Å². The third kappa shape index (κ3) is 3.64. The summed E-state index contributed by atoms with van der Waals surface area (Å²) < 4.78 is 42.9. The lowest BCUT2D eigenvalue weighted by atomic mass is 10.2. The van der Waals surface area contributed by atoms with Gasteiger partial charge in [0.1, 0.15) is 11.5 Å². The molecule has 0 amide bonds. The molecule has 0 heterocycles. The predicted octanol–water partition coefficient (Wildman–Crippen LogP) is 4.17. The Kier molecular flexibility index (Phi) is 4.53. The van der Waals surface area contributed by atoms with E-state index >= 15 is 0 Å². The Hall–Kier alpha value is -1.92. The van der Waals surface area contributed by atoms with E-state index in [2.05, 4.69) is 0 Å². The maximum atomic E-state index is 12.5. The summed E-state index contributed by atoms with van der Waals surface area (Å²) >= 11 is 11.4. The zero-order valence-corrected chi connectivity index (χ0v) is 12.1. The summed E-state index contributed by atoms with van der Waals surface area (Å²) in [5, 5.41) is 10.5. The Morgan fingerprint density at radius 2 is 1.73 bits per heavy atom. The number of carbonyl (C=O) groups excluding carboxylic acids is 1. The fraction of sp³-hybridized carbons (Fsp3) is 0.0714. The molecule has 0 saturated carbocycles. The zero-order chi connectivity index (χ0) is 16.5. The lowest BCUT2D eigenvalue weighted by molar-refractivity contribution is -0.255. The molecule has 0 radical (unpaired) electrons. The van der Waals surface area contributed by atoms with Crippen molar-refractivity contribution in [2.45, 2.75) is 6.18 Å². The Balaban J connectivity index is 2.32. The quantitative estimate of drug-likeness (QED) is 0.835. The van der Waals surface area contributed by atoms with Crippen molar-refractivity contribution >= 4 is 29.2 Å². The van der Waals surface area contributed by atoms with Gasteiger partial charge in [0.2, 0.25) is 0 Å². The smallest absolute Gasteiger partial charge is 0.416 e. The highest BCUT2D eigenvalue weighted by Crippen LogP contribution is 2.36. The van der Waals surface area contributed by atoms with E-state index in [0.29, 0.717) is 6.07 Å². The van der Waals surface area contributed by atoms with Crippen molar-refractivity contribution in [3.8, 4) is 11.5 Å². The zero-order valence-electron chi connectivity index (χ0n) is 10.6. The summed E-state index contributed by atoms with van der Waals surface area (Å²) in [6.45, 7) is 0. The van der Waals surface area contributed by atoms with Gasteiger partial charge >= 0.3 is 6.18 Å². The number of hydrogen-bond donors (Lipinski definition) is 0. The molecule has 116 valence electrons. The second-order valence-corrected chi connectivity index (χ2v) is 4.99. The lowest BCUT2D eigenvalue weighted by Crippen LogP contribution is -2.22. The van der Waals surface area contributed by atoms with Gasteiger partial charge in [-0.1, -0.05) is 23.2 Å². The normalized spacial score (nSPS) is 11.3. The highest BCUT2D eigenvalue weighted by atomic mass is 35.5. The van der Waals surface area contributed by atoms with Gasteiger partial charge in [-0.3, -0.25) is 0 Å². The largest absolute Gasteiger partial charge is 0.545 e. The minimum atomic E-state index is -4.52. The molecule has 8 heteroatoms. The average Bonchev–Trinajstić information content (AvgIpc) is 2.41. The number of carbonyl (C=O) groups is 1. The number of aromatic carboxylic acids is 1. The van der Waals surface area contributed by atoms with E-state index in [1.807, 2.05) is 0 Å². The third-order valence-corrected chi connectivity index (χ3v) is 3.27. The molecule has 0 spiro atoms. The van der Waals surface area contributed by atoms with Crippen LogP contribution in [-0.2, 0) is 6.18 Å². The van der Waals surface area contributed by atoms with Crippen LogP contribution in [0.1, 0.15) is 15.9 Å². The Labute approximate surface area is 132 Å². The molecule has 0 atom stereocenters. The van der Waals surface area contributed by atoms with Crippen molar-refractivity contribution in [1.29, 1.82) is 0 Å². The second kappa shape index (κ2) is 6.06. The van der Waals surface area contributed by atoms with E-state index < -0.39 is 17.7 Å². The van der Waals surface area contributed by atoms with Crippen LogP contribution in [0.4, 0.5) is 13.2 Å². The van der Waals surface area contributed by atoms with E-state index in [-0.39, 0.29) is 27.1 Å². The topological polar surface area (TPSA) is 49.4 Å². The average molecular weight is 350 g/mol. The van der Waals surface area contributed by atoms with E-state index in [1.54, 1.807) is 0 Å². The lowest BCUT2D eigenvalue weighted by Gasteiger charge is -2.12. The highest BCUT2D eigenvalue weighted by molar-refractivity contribution is 6.33. The van der Waals surface area contributed by atoms with E-state index in [4.69, 9.17) is 27.9 Å². The molecule has 0 aliphatic heterocycles.